The average molecular weight is 286 g/mol. The molecule has 0 bridgehead atoms. The number of aryl methyl sites for hydroxylation is 1. The summed E-state index contributed by atoms with van der Waals surface area (Å²) in [5, 5.41) is 10.0. The van der Waals surface area contributed by atoms with Gasteiger partial charge in [-0.15, -0.1) is 0 Å². The van der Waals surface area contributed by atoms with E-state index in [9.17, 15) is 13.2 Å². The number of hydrogen-bond donors (Lipinski definition) is 2. The fourth-order valence-electron chi connectivity index (χ4n) is 1.49. The molecule has 19 heavy (non-hydrogen) atoms. The number of aliphatic hydroxyl groups excluding tert-OH is 1. The number of carbonyl (C=O) groups excluding carboxylic acids is 1. The molecule has 0 aromatic heterocycles. The van der Waals surface area contributed by atoms with E-state index in [0.717, 1.165) is 12.0 Å². The number of carbonyl (C=O) groups is 1. The summed E-state index contributed by atoms with van der Waals surface area (Å²) in [6.45, 7) is 0.148. The summed E-state index contributed by atoms with van der Waals surface area (Å²) in [5.74, 6) is 0. The average Bonchev–Trinajstić information content (AvgIpc) is 2.64. The molecule has 0 fully saturated rings. The van der Waals surface area contributed by atoms with Crippen molar-refractivity contribution in [3.8, 4) is 0 Å². The highest BCUT2D eigenvalue weighted by molar-refractivity contribution is 7.85. The zero-order chi connectivity index (χ0) is 14.5. The van der Waals surface area contributed by atoms with Crippen molar-refractivity contribution in [1.82, 2.24) is 0 Å². The van der Waals surface area contributed by atoms with Crippen molar-refractivity contribution in [1.29, 1.82) is 0 Å². The van der Waals surface area contributed by atoms with E-state index < -0.39 is 16.1 Å². The molecule has 0 saturated carbocycles. The van der Waals surface area contributed by atoms with Crippen molar-refractivity contribution in [2.75, 3.05) is 12.9 Å². The number of rotatable bonds is 3. The van der Waals surface area contributed by atoms with E-state index in [4.69, 9.17) is 9.66 Å². The van der Waals surface area contributed by atoms with Gasteiger partial charge in [0.25, 0.3) is 10.1 Å². The van der Waals surface area contributed by atoms with Gasteiger partial charge < -0.3 is 5.11 Å². The molecule has 8 heteroatoms. The molecule has 1 aromatic rings. The number of aliphatic hydroxyl groups is 1. The molecule has 0 spiro atoms. The van der Waals surface area contributed by atoms with Crippen LogP contribution in [0.4, 0.5) is 4.79 Å². The second-order valence-electron chi connectivity index (χ2n) is 3.85. The van der Waals surface area contributed by atoms with Crippen molar-refractivity contribution < 1.29 is 22.9 Å². The molecule has 1 heterocycles. The van der Waals surface area contributed by atoms with E-state index in [2.05, 4.69) is 9.98 Å². The van der Waals surface area contributed by atoms with Gasteiger partial charge in [-0.25, -0.2) is 4.79 Å². The molecule has 0 aliphatic carbocycles. The Bertz CT molecular complexity index is 674. The van der Waals surface area contributed by atoms with Crippen LogP contribution in [-0.4, -0.2) is 37.0 Å². The molecule has 1 aliphatic rings. The van der Waals surface area contributed by atoms with Crippen molar-refractivity contribution in [2.45, 2.75) is 12.8 Å². The highest BCUT2D eigenvalue weighted by atomic mass is 32.2. The van der Waals surface area contributed by atoms with E-state index in [1.54, 1.807) is 6.07 Å². The molecule has 0 saturated heterocycles. The lowest BCUT2D eigenvalue weighted by Crippen LogP contribution is -2.25. The van der Waals surface area contributed by atoms with Crippen molar-refractivity contribution in [2.24, 2.45) is 9.98 Å². The Balaban J connectivity index is 0.000000312. The van der Waals surface area contributed by atoms with E-state index >= 15 is 0 Å². The molecular weight excluding hydrogens is 272 g/mol. The van der Waals surface area contributed by atoms with E-state index in [1.165, 1.54) is 0 Å². The summed E-state index contributed by atoms with van der Waals surface area (Å²) in [5.41, 5.74) is 0.978. The molecule has 2 amide bonds. The molecule has 7 nitrogen and oxygen atoms in total. The monoisotopic (exact) mass is 286 g/mol. The van der Waals surface area contributed by atoms with Gasteiger partial charge in [0, 0.05) is 6.61 Å². The number of para-hydroxylation sites is 1. The Labute approximate surface area is 110 Å². The van der Waals surface area contributed by atoms with Crippen LogP contribution in [-0.2, 0) is 16.5 Å². The van der Waals surface area contributed by atoms with Gasteiger partial charge in [0.2, 0.25) is 0 Å². The molecule has 0 atom stereocenters. The van der Waals surface area contributed by atoms with Crippen LogP contribution in [0.5, 0.6) is 0 Å². The maximum atomic E-state index is 10.9. The summed E-state index contributed by atoms with van der Waals surface area (Å²) in [6.07, 6.45) is 2.12. The number of benzene rings is 1. The molecular formula is C11H14N2O5S. The summed E-state index contributed by atoms with van der Waals surface area (Å²) >= 11 is 0. The first-order chi connectivity index (χ1) is 8.81. The van der Waals surface area contributed by atoms with Gasteiger partial charge in [0.05, 0.1) is 17.0 Å². The number of urea groups is 1. The molecule has 0 radical (unpaired) electrons. The van der Waals surface area contributed by atoms with Crippen LogP contribution in [0, 0.1) is 0 Å². The van der Waals surface area contributed by atoms with Gasteiger partial charge in [-0.1, -0.05) is 12.1 Å². The minimum Gasteiger partial charge on any atom is -0.396 e. The second kappa shape index (κ2) is 6.50. The van der Waals surface area contributed by atoms with Crippen LogP contribution >= 0.6 is 0 Å². The number of nitrogens with zero attached hydrogens (tertiary/aromatic N) is 2. The summed E-state index contributed by atoms with van der Waals surface area (Å²) in [7, 11) is -3.67. The van der Waals surface area contributed by atoms with Gasteiger partial charge in [-0.3, -0.25) is 4.55 Å². The van der Waals surface area contributed by atoms with Crippen LogP contribution in [0.15, 0.2) is 28.2 Å². The van der Waals surface area contributed by atoms with Crippen LogP contribution in [0.1, 0.15) is 12.0 Å². The quantitative estimate of drug-likeness (QED) is 0.726. The minimum absolute atomic E-state index is 0.148. The summed E-state index contributed by atoms with van der Waals surface area (Å²) in [4.78, 5) is 18.5. The van der Waals surface area contributed by atoms with Gasteiger partial charge in [-0.2, -0.15) is 18.4 Å². The largest absolute Gasteiger partial charge is 0.396 e. The molecule has 1 aromatic carbocycles. The summed E-state index contributed by atoms with van der Waals surface area (Å²) in [6, 6.07) is 5.10. The zero-order valence-corrected chi connectivity index (χ0v) is 11.1. The topological polar surface area (TPSA) is 116 Å². The smallest absolute Gasteiger partial charge is 0.368 e. The number of hydrogen-bond acceptors (Lipinski definition) is 4. The number of amides is 2. The Morgan fingerprint density at radius 3 is 2.47 bits per heavy atom. The highest BCUT2D eigenvalue weighted by Crippen LogP contribution is 1.96. The van der Waals surface area contributed by atoms with Crippen molar-refractivity contribution in [3.05, 3.63) is 34.5 Å². The molecule has 0 unspecified atom stereocenters. The predicted molar refractivity (Wildman–Crippen MR) is 67.0 cm³/mol. The second-order valence-corrected chi connectivity index (χ2v) is 5.32. The Morgan fingerprint density at radius 2 is 1.89 bits per heavy atom. The predicted octanol–water partition coefficient (Wildman–Crippen LogP) is -0.512. The third-order valence-electron chi connectivity index (χ3n) is 2.13. The first-order valence-electron chi connectivity index (χ1n) is 5.44. The lowest BCUT2D eigenvalue weighted by molar-refractivity contribution is 0.256. The van der Waals surface area contributed by atoms with Crippen molar-refractivity contribution in [3.63, 3.8) is 0 Å². The maximum Gasteiger partial charge on any atom is 0.368 e. The van der Waals surface area contributed by atoms with E-state index in [-0.39, 0.29) is 6.61 Å². The van der Waals surface area contributed by atoms with Crippen molar-refractivity contribution >= 4 is 16.1 Å². The lowest BCUT2D eigenvalue weighted by atomic mass is 10.1. The first-order valence-corrected chi connectivity index (χ1v) is 7.28. The Hall–Kier alpha value is -1.64. The van der Waals surface area contributed by atoms with Gasteiger partial charge in [-0.05, 0) is 24.5 Å². The summed E-state index contributed by atoms with van der Waals surface area (Å²) < 4.78 is 25.9. The Morgan fingerprint density at radius 1 is 1.26 bits per heavy atom. The molecule has 1 aliphatic heterocycles. The SMILES string of the molecule is CS(=O)(=O)O.O=C1N=c2cccc(CCCO)c2=N1. The third-order valence-corrected chi connectivity index (χ3v) is 2.13. The standard InChI is InChI=1S/C10H10N2O2.CH4O3S/c13-6-2-4-7-3-1-5-8-9(7)12-10(14)11-8;1-5(2,3)4/h1,3,5,13H,2,4,6H2;1H3,(H,2,3,4). The van der Waals surface area contributed by atoms with Gasteiger partial charge in [0.1, 0.15) is 0 Å². The fraction of sp³-hybridized carbons (Fsp3) is 0.364. The van der Waals surface area contributed by atoms with E-state index in [0.29, 0.717) is 23.4 Å². The van der Waals surface area contributed by atoms with Crippen LogP contribution < -0.4 is 10.7 Å². The third kappa shape index (κ3) is 5.69. The van der Waals surface area contributed by atoms with Crippen LogP contribution in [0.2, 0.25) is 0 Å². The molecule has 2 rings (SSSR count). The van der Waals surface area contributed by atoms with Crippen LogP contribution in [0.25, 0.3) is 0 Å². The van der Waals surface area contributed by atoms with Gasteiger partial charge >= 0.3 is 6.03 Å². The highest BCUT2D eigenvalue weighted by Gasteiger charge is 2.07. The number of fused-ring (bicyclic) bond motifs is 1. The van der Waals surface area contributed by atoms with E-state index in [1.807, 2.05) is 12.1 Å². The lowest BCUT2D eigenvalue weighted by Gasteiger charge is -1.97. The normalized spacial score (nSPS) is 12.9. The fourth-order valence-corrected chi connectivity index (χ4v) is 1.49. The molecule has 2 N–H and O–H groups in total. The Kier molecular flexibility index (Phi) is 5.28. The van der Waals surface area contributed by atoms with Gasteiger partial charge in [0.15, 0.2) is 0 Å². The minimum atomic E-state index is -3.67. The molecule has 104 valence electrons. The first kappa shape index (κ1) is 15.4. The zero-order valence-electron chi connectivity index (χ0n) is 10.3. The maximum absolute atomic E-state index is 10.9. The van der Waals surface area contributed by atoms with Crippen LogP contribution in [0.3, 0.4) is 0 Å².